The van der Waals surface area contributed by atoms with Crippen LogP contribution in [0.1, 0.15) is 23.5 Å². The molecule has 0 amide bonds. The van der Waals surface area contributed by atoms with Crippen LogP contribution < -0.4 is 10.6 Å². The van der Waals surface area contributed by atoms with E-state index in [-0.39, 0.29) is 0 Å². The Bertz CT molecular complexity index is 583. The van der Waals surface area contributed by atoms with E-state index >= 15 is 0 Å². The molecule has 3 rings (SSSR count). The van der Waals surface area contributed by atoms with Gasteiger partial charge in [-0.05, 0) is 24.1 Å². The van der Waals surface area contributed by atoms with E-state index in [1.54, 1.807) is 0 Å². The molecule has 1 aliphatic heterocycles. The summed E-state index contributed by atoms with van der Waals surface area (Å²) < 4.78 is 0. The Balaban J connectivity index is 1.83. The summed E-state index contributed by atoms with van der Waals surface area (Å²) in [6.45, 7) is 2.59. The van der Waals surface area contributed by atoms with Crippen molar-refractivity contribution >= 4 is 17.3 Å². The fourth-order valence-electron chi connectivity index (χ4n) is 3.02. The van der Waals surface area contributed by atoms with Gasteiger partial charge in [0.05, 0.1) is 0 Å². The van der Waals surface area contributed by atoms with Gasteiger partial charge >= 0.3 is 0 Å². The maximum Gasteiger partial charge on any atom is 0.0471 e. The lowest BCUT2D eigenvalue weighted by Crippen LogP contribution is -2.21. The highest BCUT2D eigenvalue weighted by Crippen LogP contribution is 2.34. The standard InChI is InChI=1S/C17H19ClN2/c18-16-7-4-8-17(15(16)11-19)20-10-9-14(12-20)13-5-2-1-3-6-13/h1-8,14H,9-12,19H2. The molecule has 1 saturated heterocycles. The summed E-state index contributed by atoms with van der Waals surface area (Å²) in [5.41, 5.74) is 9.53. The zero-order valence-electron chi connectivity index (χ0n) is 11.4. The van der Waals surface area contributed by atoms with Crippen molar-refractivity contribution in [1.82, 2.24) is 0 Å². The van der Waals surface area contributed by atoms with Crippen LogP contribution in [0.2, 0.25) is 5.02 Å². The fraction of sp³-hybridized carbons (Fsp3) is 0.294. The third-order valence-electron chi connectivity index (χ3n) is 4.10. The number of rotatable bonds is 3. The average molecular weight is 287 g/mol. The van der Waals surface area contributed by atoms with Crippen LogP contribution in [-0.4, -0.2) is 13.1 Å². The van der Waals surface area contributed by atoms with Gasteiger partial charge in [0.15, 0.2) is 0 Å². The van der Waals surface area contributed by atoms with Gasteiger partial charge in [-0.15, -0.1) is 0 Å². The van der Waals surface area contributed by atoms with E-state index in [0.29, 0.717) is 12.5 Å². The van der Waals surface area contributed by atoms with Crippen molar-refractivity contribution in [2.75, 3.05) is 18.0 Å². The van der Waals surface area contributed by atoms with E-state index in [2.05, 4.69) is 41.3 Å². The monoisotopic (exact) mass is 286 g/mol. The van der Waals surface area contributed by atoms with Gasteiger partial charge in [-0.3, -0.25) is 0 Å². The van der Waals surface area contributed by atoms with Crippen LogP contribution in [0, 0.1) is 0 Å². The SMILES string of the molecule is NCc1c(Cl)cccc1N1CCC(c2ccccc2)C1. The largest absolute Gasteiger partial charge is 0.371 e. The molecule has 2 N–H and O–H groups in total. The zero-order valence-corrected chi connectivity index (χ0v) is 12.2. The van der Waals surface area contributed by atoms with Crippen LogP contribution >= 0.6 is 11.6 Å². The van der Waals surface area contributed by atoms with Gasteiger partial charge in [0.1, 0.15) is 0 Å². The summed E-state index contributed by atoms with van der Waals surface area (Å²) in [6.07, 6.45) is 1.18. The maximum atomic E-state index is 6.25. The fourth-order valence-corrected chi connectivity index (χ4v) is 3.27. The molecule has 1 atom stereocenters. The summed E-state index contributed by atoms with van der Waals surface area (Å²) in [5, 5.41) is 0.771. The van der Waals surface area contributed by atoms with E-state index < -0.39 is 0 Å². The number of hydrogen-bond acceptors (Lipinski definition) is 2. The molecular weight excluding hydrogens is 268 g/mol. The third-order valence-corrected chi connectivity index (χ3v) is 4.45. The van der Waals surface area contributed by atoms with Gasteiger partial charge in [0.2, 0.25) is 0 Å². The van der Waals surface area contributed by atoms with Crippen molar-refractivity contribution < 1.29 is 0 Å². The first kappa shape index (κ1) is 13.5. The van der Waals surface area contributed by atoms with E-state index in [0.717, 1.165) is 23.7 Å². The summed E-state index contributed by atoms with van der Waals surface area (Å²) in [5.74, 6) is 0.598. The van der Waals surface area contributed by atoms with Crippen molar-refractivity contribution in [2.24, 2.45) is 5.73 Å². The first-order valence-corrected chi connectivity index (χ1v) is 7.44. The molecule has 1 unspecified atom stereocenters. The molecule has 1 aliphatic rings. The summed E-state index contributed by atoms with van der Waals surface area (Å²) in [7, 11) is 0. The summed E-state index contributed by atoms with van der Waals surface area (Å²) in [6, 6.07) is 16.8. The normalized spacial score (nSPS) is 18.5. The molecule has 20 heavy (non-hydrogen) atoms. The first-order chi connectivity index (χ1) is 9.79. The topological polar surface area (TPSA) is 29.3 Å². The molecule has 0 bridgehead atoms. The van der Waals surface area contributed by atoms with Crippen LogP contribution in [0.4, 0.5) is 5.69 Å². The van der Waals surface area contributed by atoms with Crippen LogP contribution in [-0.2, 0) is 6.54 Å². The Labute approximate surface area is 125 Å². The predicted molar refractivity (Wildman–Crippen MR) is 85.4 cm³/mol. The van der Waals surface area contributed by atoms with Crippen LogP contribution in [0.25, 0.3) is 0 Å². The average Bonchev–Trinajstić information content (AvgIpc) is 2.97. The van der Waals surface area contributed by atoms with Crippen molar-refractivity contribution in [3.63, 3.8) is 0 Å². The minimum Gasteiger partial charge on any atom is -0.371 e. The number of nitrogens with zero attached hydrogens (tertiary/aromatic N) is 1. The Morgan fingerprint density at radius 2 is 1.90 bits per heavy atom. The molecular formula is C17H19ClN2. The molecule has 0 saturated carbocycles. The van der Waals surface area contributed by atoms with Crippen molar-refractivity contribution in [3.05, 3.63) is 64.7 Å². The van der Waals surface area contributed by atoms with Crippen LogP contribution in [0.3, 0.4) is 0 Å². The second-order valence-electron chi connectivity index (χ2n) is 5.28. The van der Waals surface area contributed by atoms with Crippen LogP contribution in [0.15, 0.2) is 48.5 Å². The molecule has 2 aromatic carbocycles. The number of halogens is 1. The second kappa shape index (κ2) is 5.86. The van der Waals surface area contributed by atoms with E-state index in [1.807, 2.05) is 12.1 Å². The molecule has 3 heteroatoms. The molecule has 1 heterocycles. The highest BCUT2D eigenvalue weighted by atomic mass is 35.5. The molecule has 2 aromatic rings. The van der Waals surface area contributed by atoms with Gasteiger partial charge in [0, 0.05) is 41.8 Å². The van der Waals surface area contributed by atoms with Gasteiger partial charge in [0.25, 0.3) is 0 Å². The number of hydrogen-bond donors (Lipinski definition) is 1. The summed E-state index contributed by atoms with van der Waals surface area (Å²) in [4.78, 5) is 2.41. The first-order valence-electron chi connectivity index (χ1n) is 7.07. The molecule has 0 aromatic heterocycles. The molecule has 0 radical (unpaired) electrons. The summed E-state index contributed by atoms with van der Waals surface area (Å²) >= 11 is 6.25. The zero-order chi connectivity index (χ0) is 13.9. The Morgan fingerprint density at radius 1 is 1.10 bits per heavy atom. The molecule has 104 valence electrons. The van der Waals surface area contributed by atoms with Gasteiger partial charge in [-0.25, -0.2) is 0 Å². The van der Waals surface area contributed by atoms with Gasteiger partial charge in [-0.1, -0.05) is 48.0 Å². The van der Waals surface area contributed by atoms with Crippen LogP contribution in [0.5, 0.6) is 0 Å². The highest BCUT2D eigenvalue weighted by molar-refractivity contribution is 6.31. The van der Waals surface area contributed by atoms with E-state index in [4.69, 9.17) is 17.3 Å². The number of nitrogens with two attached hydrogens (primary N) is 1. The van der Waals surface area contributed by atoms with Crippen molar-refractivity contribution in [3.8, 4) is 0 Å². The lowest BCUT2D eigenvalue weighted by molar-refractivity contribution is 0.775. The third kappa shape index (κ3) is 2.54. The second-order valence-corrected chi connectivity index (χ2v) is 5.69. The molecule has 0 aliphatic carbocycles. The minimum absolute atomic E-state index is 0.488. The van der Waals surface area contributed by atoms with Crippen molar-refractivity contribution in [1.29, 1.82) is 0 Å². The maximum absolute atomic E-state index is 6.25. The van der Waals surface area contributed by atoms with Gasteiger partial charge < -0.3 is 10.6 Å². The predicted octanol–water partition coefficient (Wildman–Crippen LogP) is 3.79. The van der Waals surface area contributed by atoms with Crippen molar-refractivity contribution in [2.45, 2.75) is 18.9 Å². The minimum atomic E-state index is 0.488. The van der Waals surface area contributed by atoms with E-state index in [1.165, 1.54) is 17.7 Å². The lowest BCUT2D eigenvalue weighted by atomic mass is 9.99. The van der Waals surface area contributed by atoms with E-state index in [9.17, 15) is 0 Å². The number of anilines is 1. The molecule has 0 spiro atoms. The Hall–Kier alpha value is -1.51. The Morgan fingerprint density at radius 3 is 2.65 bits per heavy atom. The smallest absolute Gasteiger partial charge is 0.0471 e. The number of benzene rings is 2. The highest BCUT2D eigenvalue weighted by Gasteiger charge is 2.25. The quantitative estimate of drug-likeness (QED) is 0.930. The lowest BCUT2D eigenvalue weighted by Gasteiger charge is -2.22. The van der Waals surface area contributed by atoms with Gasteiger partial charge in [-0.2, -0.15) is 0 Å². The Kier molecular flexibility index (Phi) is 3.95. The molecule has 2 nitrogen and oxygen atoms in total. The molecule has 1 fully saturated rings.